The number of sulfonamides is 1. The largest absolute Gasteiger partial charge is 0.419 e. The SMILES string of the molecule is Cc1ccc(CS(=O)(=O)N2CC3(CC(c4nnc(-c5ccccc5)o4)N(C)C3)C2)cc1. The summed E-state index contributed by atoms with van der Waals surface area (Å²) < 4.78 is 33.3. The highest BCUT2D eigenvalue weighted by Crippen LogP contribution is 2.48. The van der Waals surface area contributed by atoms with Gasteiger partial charge in [0.1, 0.15) is 0 Å². The molecule has 0 saturated carbocycles. The van der Waals surface area contributed by atoms with Gasteiger partial charge in [-0.05, 0) is 38.1 Å². The Morgan fingerprint density at radius 3 is 2.45 bits per heavy atom. The molecule has 2 aliphatic heterocycles. The van der Waals surface area contributed by atoms with Crippen molar-refractivity contribution in [2.24, 2.45) is 5.41 Å². The number of nitrogens with zero attached hydrogens (tertiary/aromatic N) is 4. The summed E-state index contributed by atoms with van der Waals surface area (Å²) in [7, 11) is -1.28. The Morgan fingerprint density at radius 2 is 1.74 bits per heavy atom. The summed E-state index contributed by atoms with van der Waals surface area (Å²) in [6.07, 6.45) is 0.816. The van der Waals surface area contributed by atoms with Crippen LogP contribution in [-0.2, 0) is 15.8 Å². The molecule has 0 aliphatic carbocycles. The standard InChI is InChI=1S/C23H26N4O3S/c1-17-8-10-18(11-9-17)13-31(28,29)27-15-23(16-27)12-20(26(2)14-23)22-25-24-21(30-22)19-6-4-3-5-7-19/h3-11,20H,12-16H2,1-2H3. The van der Waals surface area contributed by atoms with Crippen molar-refractivity contribution in [3.05, 3.63) is 71.6 Å². The van der Waals surface area contributed by atoms with Crippen molar-refractivity contribution < 1.29 is 12.8 Å². The first-order chi connectivity index (χ1) is 14.8. The summed E-state index contributed by atoms with van der Waals surface area (Å²) in [6.45, 7) is 3.90. The van der Waals surface area contributed by atoms with E-state index in [0.717, 1.165) is 29.7 Å². The molecule has 2 fully saturated rings. The molecule has 0 bridgehead atoms. The molecule has 2 aliphatic rings. The zero-order chi connectivity index (χ0) is 21.6. The number of aromatic nitrogens is 2. The molecule has 1 atom stereocenters. The maximum absolute atomic E-state index is 12.9. The van der Waals surface area contributed by atoms with E-state index in [1.807, 2.05) is 68.6 Å². The molecule has 1 spiro atoms. The molecule has 0 N–H and O–H groups in total. The van der Waals surface area contributed by atoms with Crippen LogP contribution < -0.4 is 0 Å². The van der Waals surface area contributed by atoms with Gasteiger partial charge in [0.2, 0.25) is 21.8 Å². The number of hydrogen-bond donors (Lipinski definition) is 0. The van der Waals surface area contributed by atoms with E-state index < -0.39 is 10.0 Å². The lowest BCUT2D eigenvalue weighted by atomic mass is 9.79. The first kappa shape index (κ1) is 20.4. The molecule has 3 heterocycles. The molecular weight excluding hydrogens is 412 g/mol. The third-order valence-electron chi connectivity index (χ3n) is 6.38. The average Bonchev–Trinajstić information content (AvgIpc) is 3.34. The normalized spacial score (nSPS) is 21.4. The van der Waals surface area contributed by atoms with Gasteiger partial charge in [-0.15, -0.1) is 10.2 Å². The van der Waals surface area contributed by atoms with Crippen LogP contribution in [0.15, 0.2) is 59.0 Å². The minimum Gasteiger partial charge on any atom is -0.419 e. The number of hydrogen-bond acceptors (Lipinski definition) is 6. The van der Waals surface area contributed by atoms with E-state index in [0.29, 0.717) is 24.9 Å². The predicted octanol–water partition coefficient (Wildman–Crippen LogP) is 3.25. The Balaban J connectivity index is 1.25. The van der Waals surface area contributed by atoms with Gasteiger partial charge in [0.05, 0.1) is 11.8 Å². The Hall–Kier alpha value is -2.55. The molecule has 5 rings (SSSR count). The third-order valence-corrected chi connectivity index (χ3v) is 8.12. The van der Waals surface area contributed by atoms with Crippen LogP contribution in [0.5, 0.6) is 0 Å². The zero-order valence-corrected chi connectivity index (χ0v) is 18.5. The van der Waals surface area contributed by atoms with E-state index in [1.165, 1.54) is 0 Å². The van der Waals surface area contributed by atoms with Gasteiger partial charge in [-0.2, -0.15) is 0 Å². The van der Waals surface area contributed by atoms with Gasteiger partial charge in [0.15, 0.2) is 0 Å². The maximum atomic E-state index is 12.9. The maximum Gasteiger partial charge on any atom is 0.247 e. The van der Waals surface area contributed by atoms with E-state index in [4.69, 9.17) is 4.42 Å². The van der Waals surface area contributed by atoms with Gasteiger partial charge in [-0.3, -0.25) is 4.90 Å². The van der Waals surface area contributed by atoms with Gasteiger partial charge in [0, 0.05) is 30.6 Å². The fourth-order valence-corrected chi connectivity index (χ4v) is 6.46. The molecule has 0 amide bonds. The van der Waals surface area contributed by atoms with Crippen molar-refractivity contribution in [3.8, 4) is 11.5 Å². The first-order valence-corrected chi connectivity index (χ1v) is 12.1. The lowest BCUT2D eigenvalue weighted by Crippen LogP contribution is -2.59. The highest BCUT2D eigenvalue weighted by atomic mass is 32.2. The van der Waals surface area contributed by atoms with Gasteiger partial charge in [-0.25, -0.2) is 12.7 Å². The van der Waals surface area contributed by atoms with Crippen LogP contribution >= 0.6 is 0 Å². The topological polar surface area (TPSA) is 79.5 Å². The van der Waals surface area contributed by atoms with Crippen LogP contribution in [-0.4, -0.2) is 54.5 Å². The second kappa shape index (κ2) is 7.55. The van der Waals surface area contributed by atoms with Crippen LogP contribution in [0, 0.1) is 12.3 Å². The van der Waals surface area contributed by atoms with Crippen LogP contribution in [0.3, 0.4) is 0 Å². The Kier molecular flexibility index (Phi) is 4.96. The van der Waals surface area contributed by atoms with Crippen LogP contribution in [0.4, 0.5) is 0 Å². The van der Waals surface area contributed by atoms with Crippen molar-refractivity contribution in [2.75, 3.05) is 26.7 Å². The Morgan fingerprint density at radius 1 is 1.03 bits per heavy atom. The summed E-state index contributed by atoms with van der Waals surface area (Å²) in [5, 5.41) is 8.50. The van der Waals surface area contributed by atoms with Crippen molar-refractivity contribution >= 4 is 10.0 Å². The van der Waals surface area contributed by atoms with E-state index in [1.54, 1.807) is 4.31 Å². The van der Waals surface area contributed by atoms with Gasteiger partial charge in [-0.1, -0.05) is 48.0 Å². The molecular formula is C23H26N4O3S. The predicted molar refractivity (Wildman–Crippen MR) is 118 cm³/mol. The van der Waals surface area contributed by atoms with Crippen LogP contribution in [0.2, 0.25) is 0 Å². The van der Waals surface area contributed by atoms with Crippen LogP contribution in [0.1, 0.15) is 29.5 Å². The third kappa shape index (κ3) is 3.91. The van der Waals surface area contributed by atoms with E-state index >= 15 is 0 Å². The molecule has 2 aromatic carbocycles. The van der Waals surface area contributed by atoms with Gasteiger partial charge >= 0.3 is 0 Å². The zero-order valence-electron chi connectivity index (χ0n) is 17.7. The summed E-state index contributed by atoms with van der Waals surface area (Å²) in [5.74, 6) is 1.16. The summed E-state index contributed by atoms with van der Waals surface area (Å²) in [6, 6.07) is 17.4. The van der Waals surface area contributed by atoms with Crippen molar-refractivity contribution in [1.82, 2.24) is 19.4 Å². The molecule has 3 aromatic rings. The Labute approximate surface area is 182 Å². The van der Waals surface area contributed by atoms with E-state index in [9.17, 15) is 8.42 Å². The number of aryl methyl sites for hydroxylation is 1. The minimum atomic E-state index is -3.32. The highest BCUT2D eigenvalue weighted by molar-refractivity contribution is 7.88. The fraction of sp³-hybridized carbons (Fsp3) is 0.391. The molecule has 2 saturated heterocycles. The molecule has 0 radical (unpaired) electrons. The van der Waals surface area contributed by atoms with Crippen molar-refractivity contribution in [2.45, 2.75) is 25.1 Å². The lowest BCUT2D eigenvalue weighted by Gasteiger charge is -2.46. The molecule has 1 aromatic heterocycles. The minimum absolute atomic E-state index is 0.00640. The first-order valence-electron chi connectivity index (χ1n) is 10.5. The molecule has 162 valence electrons. The number of benzene rings is 2. The second-order valence-corrected chi connectivity index (χ2v) is 10.9. The fourth-order valence-electron chi connectivity index (χ4n) is 4.73. The monoisotopic (exact) mass is 438 g/mol. The lowest BCUT2D eigenvalue weighted by molar-refractivity contribution is 0.0807. The molecule has 7 nitrogen and oxygen atoms in total. The van der Waals surface area contributed by atoms with Crippen molar-refractivity contribution in [3.63, 3.8) is 0 Å². The number of likely N-dealkylation sites (tertiary alicyclic amines) is 1. The molecule has 1 unspecified atom stereocenters. The average molecular weight is 439 g/mol. The highest BCUT2D eigenvalue weighted by Gasteiger charge is 2.54. The molecule has 8 heteroatoms. The van der Waals surface area contributed by atoms with Crippen molar-refractivity contribution in [1.29, 1.82) is 0 Å². The van der Waals surface area contributed by atoms with Gasteiger partial charge in [0.25, 0.3) is 0 Å². The summed E-state index contributed by atoms with van der Waals surface area (Å²) >= 11 is 0. The second-order valence-electron chi connectivity index (χ2n) is 8.96. The summed E-state index contributed by atoms with van der Waals surface area (Å²) in [4.78, 5) is 2.20. The quantitative estimate of drug-likeness (QED) is 0.608. The number of rotatable bonds is 5. The van der Waals surface area contributed by atoms with E-state index in [2.05, 4.69) is 15.1 Å². The van der Waals surface area contributed by atoms with Gasteiger partial charge < -0.3 is 4.42 Å². The smallest absolute Gasteiger partial charge is 0.247 e. The Bertz CT molecular complexity index is 1170. The van der Waals surface area contributed by atoms with E-state index in [-0.39, 0.29) is 17.2 Å². The summed E-state index contributed by atoms with van der Waals surface area (Å²) in [5.41, 5.74) is 2.79. The molecule has 31 heavy (non-hydrogen) atoms. The van der Waals surface area contributed by atoms with Crippen LogP contribution in [0.25, 0.3) is 11.5 Å².